The van der Waals surface area contributed by atoms with Crippen LogP contribution in [0, 0.1) is 5.92 Å². The molecule has 0 spiro atoms. The Morgan fingerprint density at radius 3 is 1.56 bits per heavy atom. The minimum Gasteiger partial charge on any atom is -0.504 e. The van der Waals surface area contributed by atoms with Gasteiger partial charge in [-0.25, -0.2) is 0 Å². The Labute approximate surface area is 104 Å². The highest BCUT2D eigenvalue weighted by molar-refractivity contribution is 9.10. The Morgan fingerprint density at radius 2 is 1.44 bits per heavy atom. The number of aromatic hydroxyl groups is 2. The summed E-state index contributed by atoms with van der Waals surface area (Å²) < 4.78 is -0.206. The van der Waals surface area contributed by atoms with Crippen LogP contribution >= 0.6 is 15.9 Å². The Morgan fingerprint density at radius 1 is 1.06 bits per heavy atom. The molecule has 0 saturated heterocycles. The fourth-order valence-electron chi connectivity index (χ4n) is 0.808. The van der Waals surface area contributed by atoms with Gasteiger partial charge in [-0.3, -0.25) is 0 Å². The third-order valence-electron chi connectivity index (χ3n) is 1.80. The number of benzene rings is 1. The monoisotopic (exact) mass is 290 g/mol. The first-order valence-electron chi connectivity index (χ1n) is 4.83. The molecular formula is C10H16BBrO4. The molecule has 0 aliphatic heterocycles. The number of phenolic OH excluding ortho intramolecular Hbond substituents is 2. The molecular weight excluding hydrogens is 275 g/mol. The Bertz CT molecular complexity index is 278. The van der Waals surface area contributed by atoms with Crippen LogP contribution in [0.4, 0.5) is 0 Å². The fourth-order valence-corrected chi connectivity index (χ4v) is 0.808. The van der Waals surface area contributed by atoms with Crippen molar-refractivity contribution in [3.8, 4) is 11.5 Å². The maximum atomic E-state index is 8.67. The van der Waals surface area contributed by atoms with Crippen LogP contribution in [0.25, 0.3) is 0 Å². The first-order chi connectivity index (χ1) is 7.36. The van der Waals surface area contributed by atoms with Crippen molar-refractivity contribution in [1.29, 1.82) is 0 Å². The molecule has 90 valence electrons. The average Bonchev–Trinajstić information content (AvgIpc) is 2.22. The molecule has 1 aromatic rings. The first-order valence-corrected chi connectivity index (χ1v) is 5.75. The standard InChI is InChI=1S/C6H6O2.C4H10BBrO2/c7-5-3-1-2-4-6(5)8;1-3(2)4(6)5(7)8/h1-4,7-8H;3-4,7-8H,1-2H3. The van der Waals surface area contributed by atoms with E-state index in [0.29, 0.717) is 0 Å². The SMILES string of the molecule is CC(C)C(Br)B(O)O.Oc1ccccc1O. The number of para-hydroxylation sites is 2. The molecule has 0 aliphatic carbocycles. The summed E-state index contributed by atoms with van der Waals surface area (Å²) in [6.45, 7) is 3.83. The summed E-state index contributed by atoms with van der Waals surface area (Å²) >= 11 is 3.11. The molecule has 1 atom stereocenters. The zero-order valence-electron chi connectivity index (χ0n) is 9.21. The Balaban J connectivity index is 0.000000281. The van der Waals surface area contributed by atoms with Gasteiger partial charge in [0.15, 0.2) is 11.5 Å². The summed E-state index contributed by atoms with van der Waals surface area (Å²) in [5, 5.41) is 34.3. The van der Waals surface area contributed by atoms with Crippen LogP contribution in [0.5, 0.6) is 11.5 Å². The van der Waals surface area contributed by atoms with Crippen molar-refractivity contribution >= 4 is 23.0 Å². The van der Waals surface area contributed by atoms with Gasteiger partial charge >= 0.3 is 7.12 Å². The van der Waals surface area contributed by atoms with Crippen LogP contribution in [-0.2, 0) is 0 Å². The highest BCUT2D eigenvalue weighted by Gasteiger charge is 2.22. The molecule has 4 N–H and O–H groups in total. The molecule has 6 heteroatoms. The average molecular weight is 291 g/mol. The lowest BCUT2D eigenvalue weighted by atomic mass is 9.80. The summed E-state index contributed by atoms with van der Waals surface area (Å²) in [7, 11) is -1.24. The molecule has 1 unspecified atom stereocenters. The molecule has 16 heavy (non-hydrogen) atoms. The van der Waals surface area contributed by atoms with Crippen LogP contribution < -0.4 is 0 Å². The minimum atomic E-state index is -1.24. The molecule has 0 radical (unpaired) electrons. The molecule has 0 bridgehead atoms. The van der Waals surface area contributed by atoms with Gasteiger partial charge in [0.25, 0.3) is 0 Å². The van der Waals surface area contributed by atoms with Crippen molar-refractivity contribution < 1.29 is 20.3 Å². The normalized spacial score (nSPS) is 11.6. The van der Waals surface area contributed by atoms with Crippen molar-refractivity contribution in [3.63, 3.8) is 0 Å². The number of alkyl halides is 1. The van der Waals surface area contributed by atoms with Crippen molar-refractivity contribution in [3.05, 3.63) is 24.3 Å². The van der Waals surface area contributed by atoms with Gasteiger partial charge in [-0.15, -0.1) is 0 Å². The van der Waals surface area contributed by atoms with E-state index in [4.69, 9.17) is 20.3 Å². The van der Waals surface area contributed by atoms with E-state index < -0.39 is 7.12 Å². The second kappa shape index (κ2) is 7.54. The minimum absolute atomic E-state index is 0.0764. The highest BCUT2D eigenvalue weighted by Crippen LogP contribution is 2.21. The molecule has 1 aromatic carbocycles. The molecule has 1 rings (SSSR count). The second-order valence-corrected chi connectivity index (χ2v) is 4.65. The molecule has 0 aromatic heterocycles. The van der Waals surface area contributed by atoms with Crippen LogP contribution in [0.1, 0.15) is 13.8 Å². The summed E-state index contributed by atoms with van der Waals surface area (Å²) in [6.07, 6.45) is 0. The van der Waals surface area contributed by atoms with Crippen molar-refractivity contribution in [2.24, 2.45) is 5.92 Å². The second-order valence-electron chi connectivity index (χ2n) is 3.59. The lowest BCUT2D eigenvalue weighted by Gasteiger charge is -2.10. The van der Waals surface area contributed by atoms with E-state index in [1.807, 2.05) is 13.8 Å². The zero-order chi connectivity index (χ0) is 12.7. The summed E-state index contributed by atoms with van der Waals surface area (Å²) in [5.74, 6) is 0.106. The largest absolute Gasteiger partial charge is 0.504 e. The number of hydrogen-bond acceptors (Lipinski definition) is 4. The molecule has 0 aliphatic rings. The summed E-state index contributed by atoms with van der Waals surface area (Å²) in [6, 6.07) is 6.15. The van der Waals surface area contributed by atoms with E-state index in [0.717, 1.165) is 0 Å². The predicted molar refractivity (Wildman–Crippen MR) is 67.5 cm³/mol. The van der Waals surface area contributed by atoms with Gasteiger partial charge in [0.1, 0.15) is 0 Å². The maximum Gasteiger partial charge on any atom is 0.466 e. The summed E-state index contributed by atoms with van der Waals surface area (Å²) in [5.41, 5.74) is 0. The van der Waals surface area contributed by atoms with E-state index in [-0.39, 0.29) is 22.1 Å². The van der Waals surface area contributed by atoms with Gasteiger partial charge < -0.3 is 20.3 Å². The summed E-state index contributed by atoms with van der Waals surface area (Å²) in [4.78, 5) is 0. The van der Waals surface area contributed by atoms with Crippen LogP contribution in [0.15, 0.2) is 24.3 Å². The number of hydrogen-bond donors (Lipinski definition) is 4. The van der Waals surface area contributed by atoms with Gasteiger partial charge in [0, 0.05) is 0 Å². The topological polar surface area (TPSA) is 80.9 Å². The molecule has 0 amide bonds. The lowest BCUT2D eigenvalue weighted by molar-refractivity contribution is 0.391. The van der Waals surface area contributed by atoms with Gasteiger partial charge in [-0.2, -0.15) is 0 Å². The smallest absolute Gasteiger partial charge is 0.466 e. The van der Waals surface area contributed by atoms with Crippen molar-refractivity contribution in [2.45, 2.75) is 18.6 Å². The third-order valence-corrected chi connectivity index (χ3v) is 3.33. The Kier molecular flexibility index (Phi) is 7.20. The first kappa shape index (κ1) is 15.3. The van der Waals surface area contributed by atoms with Crippen molar-refractivity contribution in [1.82, 2.24) is 0 Å². The zero-order valence-corrected chi connectivity index (χ0v) is 10.8. The van der Waals surface area contributed by atoms with Gasteiger partial charge in [-0.1, -0.05) is 41.9 Å². The fraction of sp³-hybridized carbons (Fsp3) is 0.400. The highest BCUT2D eigenvalue weighted by atomic mass is 79.9. The van der Waals surface area contributed by atoms with E-state index in [9.17, 15) is 0 Å². The van der Waals surface area contributed by atoms with Crippen LogP contribution in [-0.4, -0.2) is 32.1 Å². The quantitative estimate of drug-likeness (QED) is 0.378. The molecule has 0 saturated carbocycles. The van der Waals surface area contributed by atoms with E-state index in [1.165, 1.54) is 12.1 Å². The van der Waals surface area contributed by atoms with Crippen LogP contribution in [0.2, 0.25) is 0 Å². The van der Waals surface area contributed by atoms with E-state index >= 15 is 0 Å². The number of phenols is 2. The van der Waals surface area contributed by atoms with Gasteiger partial charge in [0.05, 0.1) is 4.73 Å². The van der Waals surface area contributed by atoms with Crippen LogP contribution in [0.3, 0.4) is 0 Å². The number of rotatable bonds is 2. The van der Waals surface area contributed by atoms with Gasteiger partial charge in [0.2, 0.25) is 0 Å². The van der Waals surface area contributed by atoms with E-state index in [2.05, 4.69) is 15.9 Å². The molecule has 0 fully saturated rings. The molecule has 0 heterocycles. The lowest BCUT2D eigenvalue weighted by Crippen LogP contribution is -2.29. The number of halogens is 1. The van der Waals surface area contributed by atoms with E-state index in [1.54, 1.807) is 12.1 Å². The molecule has 4 nitrogen and oxygen atoms in total. The van der Waals surface area contributed by atoms with Crippen molar-refractivity contribution in [2.75, 3.05) is 0 Å². The maximum absolute atomic E-state index is 8.67. The van der Waals surface area contributed by atoms with Gasteiger partial charge in [-0.05, 0) is 18.1 Å². The predicted octanol–water partition coefficient (Wildman–Crippen LogP) is 1.52. The Hall–Kier alpha value is -0.715. The third kappa shape index (κ3) is 6.00.